The zero-order valence-electron chi connectivity index (χ0n) is 21.3. The highest BCUT2D eigenvalue weighted by atomic mass is 19.1. The molecule has 1 aliphatic carbocycles. The molecule has 2 aliphatic rings. The Hall–Kier alpha value is -3.79. The maximum atomic E-state index is 14.6. The molecule has 1 aromatic carbocycles. The van der Waals surface area contributed by atoms with Gasteiger partial charge in [-0.15, -0.1) is 0 Å². The third-order valence-electron chi connectivity index (χ3n) is 7.73. The molecule has 3 atom stereocenters. The van der Waals surface area contributed by atoms with Crippen LogP contribution in [0.5, 0.6) is 0 Å². The predicted molar refractivity (Wildman–Crippen MR) is 138 cm³/mol. The number of pyridine rings is 2. The lowest BCUT2D eigenvalue weighted by molar-refractivity contribution is 0.0684. The van der Waals surface area contributed by atoms with E-state index in [-0.39, 0.29) is 29.8 Å². The fourth-order valence-electron chi connectivity index (χ4n) is 5.22. The Morgan fingerprint density at radius 2 is 1.87 bits per heavy atom. The molecule has 10 heteroatoms. The molecule has 3 heterocycles. The Kier molecular flexibility index (Phi) is 6.46. The summed E-state index contributed by atoms with van der Waals surface area (Å²) in [7, 11) is 0. The second-order valence-corrected chi connectivity index (χ2v) is 10.3. The molecule has 7 nitrogen and oxygen atoms in total. The fourth-order valence-corrected chi connectivity index (χ4v) is 5.22. The van der Waals surface area contributed by atoms with Crippen molar-refractivity contribution in [3.63, 3.8) is 0 Å². The van der Waals surface area contributed by atoms with Crippen molar-refractivity contribution in [1.82, 2.24) is 9.97 Å². The number of carbonyl (C=O) groups is 1. The van der Waals surface area contributed by atoms with Crippen LogP contribution in [-0.2, 0) is 6.42 Å². The van der Waals surface area contributed by atoms with Crippen LogP contribution < -0.4 is 10.2 Å². The summed E-state index contributed by atoms with van der Waals surface area (Å²) in [5, 5.41) is 22.0. The van der Waals surface area contributed by atoms with Crippen LogP contribution in [0.3, 0.4) is 0 Å². The van der Waals surface area contributed by atoms with Crippen molar-refractivity contribution < 1.29 is 23.1 Å². The van der Waals surface area contributed by atoms with Gasteiger partial charge in [0.2, 0.25) is 0 Å². The summed E-state index contributed by atoms with van der Waals surface area (Å²) in [4.78, 5) is 23.8. The number of carbonyl (C=O) groups excluding carboxylic acids is 1. The van der Waals surface area contributed by atoms with Crippen LogP contribution in [0, 0.1) is 28.8 Å². The van der Waals surface area contributed by atoms with Crippen LogP contribution in [0.2, 0.25) is 0 Å². The number of aliphatic hydroxyl groups is 1. The van der Waals surface area contributed by atoms with Crippen LogP contribution in [0.25, 0.3) is 11.3 Å². The van der Waals surface area contributed by atoms with Crippen molar-refractivity contribution in [3.8, 4) is 11.3 Å². The molecule has 5 rings (SSSR count). The van der Waals surface area contributed by atoms with E-state index in [1.165, 1.54) is 0 Å². The molecule has 0 bridgehead atoms. The summed E-state index contributed by atoms with van der Waals surface area (Å²) in [6.45, 7) is 6.22. The second kappa shape index (κ2) is 9.50. The van der Waals surface area contributed by atoms with Crippen molar-refractivity contribution in [3.05, 3.63) is 70.9 Å². The molecule has 1 amide bonds. The van der Waals surface area contributed by atoms with Gasteiger partial charge in [0.25, 0.3) is 5.91 Å². The van der Waals surface area contributed by atoms with Gasteiger partial charge in [0.1, 0.15) is 34.4 Å². The number of rotatable bonds is 4. The SMILES string of the molecule is CC1CCc2c1ncc(NC(=O)c1ccc(F)c(-c3c(F)cccc3F)n1)c2N1CC(=N)C(C)(O)[C@@H](C)C1. The first-order chi connectivity index (χ1) is 18.0. The maximum absolute atomic E-state index is 14.6. The van der Waals surface area contributed by atoms with Crippen LogP contribution in [-0.4, -0.2) is 45.4 Å². The van der Waals surface area contributed by atoms with Crippen LogP contribution in [0.4, 0.5) is 24.5 Å². The van der Waals surface area contributed by atoms with Crippen molar-refractivity contribution in [2.24, 2.45) is 5.92 Å². The highest BCUT2D eigenvalue weighted by Gasteiger charge is 2.41. The van der Waals surface area contributed by atoms with E-state index in [0.29, 0.717) is 12.2 Å². The molecule has 38 heavy (non-hydrogen) atoms. The predicted octanol–water partition coefficient (Wildman–Crippen LogP) is 5.09. The van der Waals surface area contributed by atoms with Crippen molar-refractivity contribution >= 4 is 23.0 Å². The number of fused-ring (bicyclic) bond motifs is 1. The minimum atomic E-state index is -1.24. The summed E-state index contributed by atoms with van der Waals surface area (Å²) in [5.74, 6) is -3.67. The standard InChI is InChI=1S/C28H28F3N5O2/c1-14-7-8-16-24(14)33-11-21(26(16)36-12-15(2)28(3,38)22(32)13-36)35-27(37)20-10-9-19(31)25(34-20)23-17(29)5-4-6-18(23)30/h4-6,9-11,14-15,32,38H,7-8,12-13H2,1-3H3,(H,35,37)/t14?,15-,28?/m0/s1. The monoisotopic (exact) mass is 523 g/mol. The number of aromatic nitrogens is 2. The smallest absolute Gasteiger partial charge is 0.274 e. The van der Waals surface area contributed by atoms with Gasteiger partial charge >= 0.3 is 0 Å². The summed E-state index contributed by atoms with van der Waals surface area (Å²) in [6.07, 6.45) is 3.18. The molecule has 0 saturated carbocycles. The normalized spacial score (nSPS) is 22.9. The minimum Gasteiger partial charge on any atom is -0.384 e. The highest BCUT2D eigenvalue weighted by molar-refractivity contribution is 6.06. The first-order valence-electron chi connectivity index (χ1n) is 12.5. The number of hydrogen-bond donors (Lipinski definition) is 3. The first-order valence-corrected chi connectivity index (χ1v) is 12.5. The van der Waals surface area contributed by atoms with Gasteiger partial charge in [-0.1, -0.05) is 19.9 Å². The summed E-state index contributed by atoms with van der Waals surface area (Å²) >= 11 is 0. The lowest BCUT2D eigenvalue weighted by atomic mass is 9.82. The molecular weight excluding hydrogens is 495 g/mol. The number of piperidine rings is 1. The van der Waals surface area contributed by atoms with E-state index in [1.54, 1.807) is 13.1 Å². The molecule has 3 N–H and O–H groups in total. The van der Waals surface area contributed by atoms with Gasteiger partial charge < -0.3 is 20.7 Å². The van der Waals surface area contributed by atoms with Gasteiger partial charge in [-0.25, -0.2) is 18.2 Å². The summed E-state index contributed by atoms with van der Waals surface area (Å²) in [5.41, 5.74) is 0.450. The number of amides is 1. The van der Waals surface area contributed by atoms with Gasteiger partial charge in [-0.2, -0.15) is 0 Å². The lowest BCUT2D eigenvalue weighted by Crippen LogP contribution is -2.56. The molecule has 2 aromatic heterocycles. The molecular formula is C28H28F3N5O2. The zero-order chi connectivity index (χ0) is 27.4. The topological polar surface area (TPSA) is 102 Å². The average Bonchev–Trinajstić information content (AvgIpc) is 3.24. The number of benzene rings is 1. The quantitative estimate of drug-likeness (QED) is 0.442. The van der Waals surface area contributed by atoms with Crippen molar-refractivity contribution in [2.45, 2.75) is 45.1 Å². The Morgan fingerprint density at radius 1 is 1.16 bits per heavy atom. The average molecular weight is 524 g/mol. The molecule has 0 radical (unpaired) electrons. The maximum Gasteiger partial charge on any atom is 0.274 e. The Morgan fingerprint density at radius 3 is 2.55 bits per heavy atom. The van der Waals surface area contributed by atoms with Crippen molar-refractivity contribution in [1.29, 1.82) is 5.41 Å². The van der Waals surface area contributed by atoms with Crippen molar-refractivity contribution in [2.75, 3.05) is 23.3 Å². The van der Waals surface area contributed by atoms with Gasteiger partial charge in [-0.3, -0.25) is 9.78 Å². The molecule has 198 valence electrons. The van der Waals surface area contributed by atoms with Crippen LogP contribution in [0.1, 0.15) is 54.9 Å². The number of nitrogens with zero attached hydrogens (tertiary/aromatic N) is 3. The highest BCUT2D eigenvalue weighted by Crippen LogP contribution is 2.43. The van der Waals surface area contributed by atoms with Gasteiger partial charge in [0.05, 0.1) is 35.4 Å². The molecule has 1 saturated heterocycles. The summed E-state index contributed by atoms with van der Waals surface area (Å²) in [6, 6.07) is 5.23. The first kappa shape index (κ1) is 25.8. The lowest BCUT2D eigenvalue weighted by Gasteiger charge is -2.43. The molecule has 2 unspecified atom stereocenters. The van der Waals surface area contributed by atoms with E-state index in [4.69, 9.17) is 5.41 Å². The van der Waals surface area contributed by atoms with Crippen LogP contribution in [0.15, 0.2) is 36.5 Å². The van der Waals surface area contributed by atoms with Gasteiger partial charge in [0, 0.05) is 18.2 Å². The third-order valence-corrected chi connectivity index (χ3v) is 7.73. The Labute approximate surface area is 218 Å². The fraction of sp³-hybridized carbons (Fsp3) is 0.357. The van der Waals surface area contributed by atoms with E-state index >= 15 is 0 Å². The van der Waals surface area contributed by atoms with Gasteiger partial charge in [-0.05, 0) is 55.5 Å². The number of hydrogen-bond acceptors (Lipinski definition) is 6. The van der Waals surface area contributed by atoms with Gasteiger partial charge in [0.15, 0.2) is 0 Å². The summed E-state index contributed by atoms with van der Waals surface area (Å²) < 4.78 is 43.2. The van der Waals surface area contributed by atoms with Crippen LogP contribution >= 0.6 is 0 Å². The number of halogens is 3. The Balaban J connectivity index is 1.53. The van der Waals surface area contributed by atoms with E-state index in [2.05, 4.69) is 22.2 Å². The largest absolute Gasteiger partial charge is 0.384 e. The molecule has 1 aliphatic heterocycles. The Bertz CT molecular complexity index is 1440. The second-order valence-electron chi connectivity index (χ2n) is 10.3. The van der Waals surface area contributed by atoms with E-state index in [9.17, 15) is 23.1 Å². The van der Waals surface area contributed by atoms with E-state index < -0.39 is 40.2 Å². The zero-order valence-corrected chi connectivity index (χ0v) is 21.3. The number of anilines is 2. The number of nitrogens with one attached hydrogen (secondary N) is 2. The third kappa shape index (κ3) is 4.32. The van der Waals surface area contributed by atoms with E-state index in [1.807, 2.05) is 11.8 Å². The van der Waals surface area contributed by atoms with E-state index in [0.717, 1.165) is 60.1 Å². The molecule has 3 aromatic rings. The molecule has 0 spiro atoms. The minimum absolute atomic E-state index is 0.168. The molecule has 1 fully saturated rings.